The molecule has 110 valence electrons. The van der Waals surface area contributed by atoms with Crippen molar-refractivity contribution in [2.45, 2.75) is 6.61 Å². The van der Waals surface area contributed by atoms with Gasteiger partial charge in [-0.15, -0.1) is 0 Å². The highest BCUT2D eigenvalue weighted by molar-refractivity contribution is 6.35. The fourth-order valence-electron chi connectivity index (χ4n) is 1.73. The van der Waals surface area contributed by atoms with Crippen molar-refractivity contribution in [2.75, 3.05) is 10.6 Å². The van der Waals surface area contributed by atoms with Crippen molar-refractivity contribution in [3.05, 3.63) is 57.0 Å². The molecule has 4 nitrogen and oxygen atoms in total. The Bertz CT molecular complexity index is 677. The number of amides is 2. The first-order valence-electron chi connectivity index (χ1n) is 5.92. The number of hydrogen-bond donors (Lipinski definition) is 3. The molecule has 21 heavy (non-hydrogen) atoms. The number of urea groups is 1. The third-order valence-corrected chi connectivity index (χ3v) is 3.44. The quantitative estimate of drug-likeness (QED) is 0.749. The Morgan fingerprint density at radius 2 is 1.81 bits per heavy atom. The normalized spacial score (nSPS) is 10.3. The van der Waals surface area contributed by atoms with E-state index in [2.05, 4.69) is 10.6 Å². The van der Waals surface area contributed by atoms with Gasteiger partial charge in [-0.3, -0.25) is 0 Å². The third-order valence-electron chi connectivity index (χ3n) is 2.65. The number of aliphatic hydroxyl groups is 1. The summed E-state index contributed by atoms with van der Waals surface area (Å²) < 4.78 is 0. The van der Waals surface area contributed by atoms with Gasteiger partial charge in [0, 0.05) is 26.3 Å². The van der Waals surface area contributed by atoms with Gasteiger partial charge in [0.2, 0.25) is 0 Å². The summed E-state index contributed by atoms with van der Waals surface area (Å²) in [5, 5.41) is 15.7. The third kappa shape index (κ3) is 4.25. The maximum atomic E-state index is 12.0. The average Bonchev–Trinajstić information content (AvgIpc) is 2.37. The highest BCUT2D eigenvalue weighted by atomic mass is 35.5. The van der Waals surface area contributed by atoms with Gasteiger partial charge in [0.1, 0.15) is 0 Å². The Hall–Kier alpha value is -1.46. The molecule has 3 N–H and O–H groups in total. The van der Waals surface area contributed by atoms with Crippen LogP contribution in [0.1, 0.15) is 5.56 Å². The van der Waals surface area contributed by atoms with Crippen LogP contribution in [0.5, 0.6) is 0 Å². The van der Waals surface area contributed by atoms with Gasteiger partial charge >= 0.3 is 6.03 Å². The van der Waals surface area contributed by atoms with Crippen LogP contribution in [-0.4, -0.2) is 11.1 Å². The first-order chi connectivity index (χ1) is 9.99. The number of carbonyl (C=O) groups is 1. The minimum Gasteiger partial charge on any atom is -0.392 e. The monoisotopic (exact) mass is 344 g/mol. The zero-order chi connectivity index (χ0) is 15.4. The Morgan fingerprint density at radius 1 is 1.05 bits per heavy atom. The van der Waals surface area contributed by atoms with E-state index in [9.17, 15) is 9.90 Å². The lowest BCUT2D eigenvalue weighted by Gasteiger charge is -2.12. The van der Waals surface area contributed by atoms with Crippen LogP contribution in [0, 0.1) is 0 Å². The molecule has 0 aliphatic carbocycles. The average molecular weight is 346 g/mol. The van der Waals surface area contributed by atoms with E-state index >= 15 is 0 Å². The number of aliphatic hydroxyl groups excluding tert-OH is 1. The molecule has 0 saturated carbocycles. The van der Waals surface area contributed by atoms with E-state index in [0.29, 0.717) is 27.0 Å². The van der Waals surface area contributed by atoms with Crippen LogP contribution in [0.15, 0.2) is 36.4 Å². The zero-order valence-corrected chi connectivity index (χ0v) is 12.9. The van der Waals surface area contributed by atoms with Gasteiger partial charge in [-0.05, 0) is 30.3 Å². The van der Waals surface area contributed by atoms with Crippen LogP contribution >= 0.6 is 34.8 Å². The van der Waals surface area contributed by atoms with E-state index in [1.807, 2.05) is 0 Å². The van der Waals surface area contributed by atoms with Crippen LogP contribution in [-0.2, 0) is 6.61 Å². The van der Waals surface area contributed by atoms with E-state index in [1.165, 1.54) is 12.1 Å². The van der Waals surface area contributed by atoms with Crippen LogP contribution in [0.2, 0.25) is 15.1 Å². The van der Waals surface area contributed by atoms with Gasteiger partial charge in [-0.25, -0.2) is 4.79 Å². The van der Waals surface area contributed by atoms with Crippen molar-refractivity contribution in [3.63, 3.8) is 0 Å². The van der Waals surface area contributed by atoms with Gasteiger partial charge in [0.25, 0.3) is 0 Å². The van der Waals surface area contributed by atoms with E-state index in [-0.39, 0.29) is 11.6 Å². The summed E-state index contributed by atoms with van der Waals surface area (Å²) in [7, 11) is 0. The van der Waals surface area contributed by atoms with Gasteiger partial charge in [-0.1, -0.05) is 40.9 Å². The summed E-state index contributed by atoms with van der Waals surface area (Å²) in [6, 6.07) is 9.23. The Labute approximate surface area is 136 Å². The highest BCUT2D eigenvalue weighted by Crippen LogP contribution is 2.29. The largest absolute Gasteiger partial charge is 0.392 e. The predicted octanol–water partition coefficient (Wildman–Crippen LogP) is 4.78. The van der Waals surface area contributed by atoms with Gasteiger partial charge in [-0.2, -0.15) is 0 Å². The molecule has 0 unspecified atom stereocenters. The maximum Gasteiger partial charge on any atom is 0.323 e. The molecule has 0 heterocycles. The van der Waals surface area contributed by atoms with Crippen molar-refractivity contribution >= 4 is 52.2 Å². The fraction of sp³-hybridized carbons (Fsp3) is 0.0714. The van der Waals surface area contributed by atoms with Crippen molar-refractivity contribution in [1.82, 2.24) is 0 Å². The molecular weight excluding hydrogens is 335 g/mol. The molecule has 0 radical (unpaired) electrons. The van der Waals surface area contributed by atoms with Gasteiger partial charge in [0.15, 0.2) is 0 Å². The Kier molecular flexibility index (Phi) is 5.31. The molecule has 0 aromatic heterocycles. The summed E-state index contributed by atoms with van der Waals surface area (Å²) in [6.45, 7) is -0.317. The number of benzene rings is 2. The number of hydrogen-bond acceptors (Lipinski definition) is 2. The van der Waals surface area contributed by atoms with E-state index in [1.54, 1.807) is 24.3 Å². The van der Waals surface area contributed by atoms with Crippen molar-refractivity contribution in [3.8, 4) is 0 Å². The fourth-order valence-corrected chi connectivity index (χ4v) is 2.47. The lowest BCUT2D eigenvalue weighted by Crippen LogP contribution is -2.20. The smallest absolute Gasteiger partial charge is 0.323 e. The van der Waals surface area contributed by atoms with Crippen LogP contribution < -0.4 is 10.6 Å². The summed E-state index contributed by atoms with van der Waals surface area (Å²) in [5.41, 5.74) is 1.27. The van der Waals surface area contributed by atoms with Gasteiger partial charge in [0.05, 0.1) is 12.3 Å². The molecule has 0 saturated heterocycles. The Morgan fingerprint density at radius 3 is 2.48 bits per heavy atom. The number of rotatable bonds is 3. The highest BCUT2D eigenvalue weighted by Gasteiger charge is 2.11. The first-order valence-corrected chi connectivity index (χ1v) is 7.05. The first kappa shape index (κ1) is 15.9. The molecular formula is C14H11Cl3N2O2. The minimum atomic E-state index is -0.495. The van der Waals surface area contributed by atoms with Crippen molar-refractivity contribution < 1.29 is 9.90 Å². The summed E-state index contributed by atoms with van der Waals surface area (Å²) in [5.74, 6) is 0. The second-order valence-corrected chi connectivity index (χ2v) is 5.44. The van der Waals surface area contributed by atoms with Crippen LogP contribution in [0.25, 0.3) is 0 Å². The second kappa shape index (κ2) is 7.00. The predicted molar refractivity (Wildman–Crippen MR) is 86.5 cm³/mol. The minimum absolute atomic E-state index is 0.281. The lowest BCUT2D eigenvalue weighted by atomic mass is 10.2. The van der Waals surface area contributed by atoms with Crippen LogP contribution in [0.4, 0.5) is 16.2 Å². The Balaban J connectivity index is 2.16. The number of carbonyl (C=O) groups excluding carboxylic acids is 1. The topological polar surface area (TPSA) is 61.4 Å². The second-order valence-electron chi connectivity index (χ2n) is 4.16. The molecule has 0 atom stereocenters. The summed E-state index contributed by atoms with van der Waals surface area (Å²) in [4.78, 5) is 12.0. The molecule has 2 aromatic carbocycles. The van der Waals surface area contributed by atoms with Crippen molar-refractivity contribution in [1.29, 1.82) is 0 Å². The number of anilines is 2. The van der Waals surface area contributed by atoms with Crippen molar-refractivity contribution in [2.24, 2.45) is 0 Å². The molecule has 0 fully saturated rings. The molecule has 0 aliphatic rings. The van der Waals surface area contributed by atoms with Gasteiger partial charge < -0.3 is 15.7 Å². The lowest BCUT2D eigenvalue weighted by molar-refractivity contribution is 0.262. The molecule has 0 aliphatic heterocycles. The van der Waals surface area contributed by atoms with Crippen LogP contribution in [0.3, 0.4) is 0 Å². The summed E-state index contributed by atoms with van der Waals surface area (Å²) >= 11 is 17.7. The molecule has 2 amide bonds. The molecule has 0 spiro atoms. The standard InChI is InChI=1S/C14H11Cl3N2O2/c15-8-2-1-3-10(4-8)18-14(21)19-13-6-9(16)5-12(17)11(13)7-20/h1-6,20H,7H2,(H2,18,19,21). The SMILES string of the molecule is O=C(Nc1cccc(Cl)c1)Nc1cc(Cl)cc(Cl)c1CO. The van der Waals surface area contributed by atoms with E-state index < -0.39 is 6.03 Å². The van der Waals surface area contributed by atoms with E-state index in [4.69, 9.17) is 34.8 Å². The molecule has 2 rings (SSSR count). The number of nitrogens with one attached hydrogen (secondary N) is 2. The summed E-state index contributed by atoms with van der Waals surface area (Å²) in [6.07, 6.45) is 0. The molecule has 2 aromatic rings. The van der Waals surface area contributed by atoms with E-state index in [0.717, 1.165) is 0 Å². The zero-order valence-electron chi connectivity index (χ0n) is 10.7. The maximum absolute atomic E-state index is 12.0. The number of halogens is 3. The molecule has 0 bridgehead atoms. The molecule has 7 heteroatoms.